The molecule has 2 unspecified atom stereocenters. The van der Waals surface area contributed by atoms with Gasteiger partial charge in [0.25, 0.3) is 11.7 Å². The zero-order valence-electron chi connectivity index (χ0n) is 55.3. The number of phosphoric acid groups is 1. The molecule has 1 aliphatic carbocycles. The van der Waals surface area contributed by atoms with Crippen LogP contribution in [0.2, 0.25) is 0 Å². The molecule has 2 aromatic carbocycles. The third-order valence-corrected chi connectivity index (χ3v) is 19.8. The summed E-state index contributed by atoms with van der Waals surface area (Å²) >= 11 is 0. The Hall–Kier alpha value is -8.58. The molecule has 11 atom stereocenters. The molecule has 4 aromatic rings. The number of nitrogens with zero attached hydrogens (tertiary/aromatic N) is 6. The fourth-order valence-corrected chi connectivity index (χ4v) is 14.1. The molecule has 3 fully saturated rings. The number of aliphatic hydroxyl groups is 6. The first-order valence-electron chi connectivity index (χ1n) is 32.3. The second kappa shape index (κ2) is 36.9. The molecule has 562 valence electrons. The highest BCUT2D eigenvalue weighted by atomic mass is 33.1. The number of fused-ring (bicyclic) bond motifs is 2. The Labute approximate surface area is 598 Å². The largest absolute Gasteiger partial charge is 0.508 e. The summed E-state index contributed by atoms with van der Waals surface area (Å²) in [4.78, 5) is 141. The van der Waals surface area contributed by atoms with E-state index in [9.17, 15) is 93.5 Å². The number of aliphatic carboxylic acids is 1. The van der Waals surface area contributed by atoms with Crippen molar-refractivity contribution in [2.24, 2.45) is 0 Å². The minimum Gasteiger partial charge on any atom is -0.508 e. The summed E-state index contributed by atoms with van der Waals surface area (Å²) in [5.41, 5.74) is 6.44. The van der Waals surface area contributed by atoms with Gasteiger partial charge in [-0.2, -0.15) is 4.98 Å². The van der Waals surface area contributed by atoms with E-state index < -0.39 is 150 Å². The zero-order valence-corrected chi connectivity index (χ0v) is 57.8. The van der Waals surface area contributed by atoms with Crippen LogP contribution in [0.15, 0.2) is 116 Å². The van der Waals surface area contributed by atoms with Gasteiger partial charge in [0, 0.05) is 104 Å². The van der Waals surface area contributed by atoms with Crippen molar-refractivity contribution in [3.8, 4) is 28.2 Å². The molecule has 6 amide bonds. The number of nitrogens with two attached hydrogens (primary N) is 1. The van der Waals surface area contributed by atoms with E-state index in [1.807, 2.05) is 12.1 Å². The lowest BCUT2D eigenvalue weighted by Crippen LogP contribution is -2.68. The van der Waals surface area contributed by atoms with E-state index in [-0.39, 0.29) is 112 Å². The summed E-state index contributed by atoms with van der Waals surface area (Å²) < 4.78 is 57.8. The normalized spacial score (nSPS) is 21.6. The Balaban J connectivity index is 0.778. The smallest absolute Gasteiger partial charge is 0.475 e. The molecule has 2 aromatic heterocycles. The van der Waals surface area contributed by atoms with Crippen LogP contribution in [0.1, 0.15) is 29.4 Å². The van der Waals surface area contributed by atoms with Crippen molar-refractivity contribution in [2.45, 2.75) is 78.7 Å². The van der Waals surface area contributed by atoms with E-state index in [4.69, 9.17) is 42.9 Å². The molecule has 3 saturated heterocycles. The van der Waals surface area contributed by atoms with Crippen LogP contribution in [0.4, 0.5) is 5.82 Å². The second-order valence-corrected chi connectivity index (χ2v) is 27.5. The number of amides is 6. The van der Waals surface area contributed by atoms with Gasteiger partial charge in [0.05, 0.1) is 64.9 Å². The Morgan fingerprint density at radius 3 is 2.31 bits per heavy atom. The van der Waals surface area contributed by atoms with Gasteiger partial charge in [-0.25, -0.2) is 23.7 Å². The molecule has 5 aliphatic rings. The highest BCUT2D eigenvalue weighted by Crippen LogP contribution is 2.52. The fourth-order valence-electron chi connectivity index (χ4n) is 11.3. The van der Waals surface area contributed by atoms with Gasteiger partial charge in [0.15, 0.2) is 11.7 Å². The minimum absolute atomic E-state index is 0.00792. The maximum atomic E-state index is 14.4. The third-order valence-electron chi connectivity index (χ3n) is 16.5. The van der Waals surface area contributed by atoms with E-state index in [0.717, 1.165) is 20.7 Å². The van der Waals surface area contributed by atoms with Crippen LogP contribution in [-0.4, -0.2) is 282 Å². The zero-order chi connectivity index (χ0) is 74.8. The van der Waals surface area contributed by atoms with E-state index in [2.05, 4.69) is 25.9 Å². The number of rotatable bonds is 35. The second-order valence-electron chi connectivity index (χ2n) is 23.7. The number of phenolic OH excluding ortho intramolecular Hbond substituents is 1. The molecule has 6 heterocycles. The Kier molecular flexibility index (Phi) is 28.2. The van der Waals surface area contributed by atoms with Crippen molar-refractivity contribution >= 4 is 87.6 Å². The first kappa shape index (κ1) is 79.5. The van der Waals surface area contributed by atoms with Crippen LogP contribution < -0.4 is 32.8 Å². The standard InChI is InChI=1S/C64H77N10O27PS2/c65-47-12-16-74(63(91)69-47)61-58(87)57(86)46(99-61)33-97-102(92,93)101-64(62(89)90)29-42(78)55(59(100-64)56(85)43(79)32-75)70-49(81)30-68-50(82)31-73(21-23-95-25-24-94-22-15-66-48(80)13-26-103-104-51-7-3-4-14-67-51)53(84)35-96-34-52(83)71-17-19-72(20-18-71)60(88)39-6-2-1-5-38(39)54-40-10-8-36(76)27-44(40)98-45-28-37(77)9-11-41(45)54/h1-12,14,16,27-28,42-43,46,55-59,61,75-76,78-79,85-87H,13,15,17-26,29-35H2,(H,66,80)(H,68,82)(H,70,81)(H,89,90)(H,92,93)(H2,65,69,91)/t42-,43+,46+,55+,56+,57+,58+,59+,61+,64?/m0/s1. The average molecular weight is 1510 g/mol. The number of carboxylic acid groups (broad SMARTS) is 1. The molecule has 0 bridgehead atoms. The summed E-state index contributed by atoms with van der Waals surface area (Å²) in [6.45, 7) is -5.22. The molecule has 0 saturated carbocycles. The molecule has 104 heavy (non-hydrogen) atoms. The van der Waals surface area contributed by atoms with Gasteiger partial charge in [-0.3, -0.25) is 42.7 Å². The number of aromatic nitrogens is 3. The van der Waals surface area contributed by atoms with Gasteiger partial charge < -0.3 is 110 Å². The molecule has 9 rings (SSSR count). The van der Waals surface area contributed by atoms with E-state index >= 15 is 0 Å². The number of anilines is 1. The highest BCUT2D eigenvalue weighted by molar-refractivity contribution is 8.76. The van der Waals surface area contributed by atoms with Crippen molar-refractivity contribution in [1.82, 2.24) is 45.2 Å². The monoisotopic (exact) mass is 1510 g/mol. The quantitative estimate of drug-likeness (QED) is 0.00855. The molecule has 0 radical (unpaired) electrons. The molecule has 40 heteroatoms. The lowest BCUT2D eigenvalue weighted by atomic mass is 9.88. The van der Waals surface area contributed by atoms with Crippen molar-refractivity contribution in [2.75, 3.05) is 117 Å². The van der Waals surface area contributed by atoms with Crippen LogP contribution in [0, 0.1) is 0 Å². The number of carbonyl (C=O) groups excluding carboxylic acids is 6. The van der Waals surface area contributed by atoms with Crippen molar-refractivity contribution in [3.05, 3.63) is 124 Å². The molecule has 4 aliphatic heterocycles. The number of carboxylic acids is 1. The van der Waals surface area contributed by atoms with Crippen molar-refractivity contribution < 1.29 is 121 Å². The summed E-state index contributed by atoms with van der Waals surface area (Å²) in [6, 6.07) is 20.4. The number of aromatic hydroxyl groups is 1. The first-order valence-corrected chi connectivity index (χ1v) is 36.1. The number of nitrogen functional groups attached to an aromatic ring is 1. The molecular formula is C64H77N10O27PS2. The average Bonchev–Trinajstić information content (AvgIpc) is 0.803. The topological polar surface area (TPSA) is 533 Å². The number of carbonyl (C=O) groups is 7. The van der Waals surface area contributed by atoms with Crippen molar-refractivity contribution in [1.29, 1.82) is 0 Å². The number of phosphoric ester groups is 1. The van der Waals surface area contributed by atoms with Crippen LogP contribution in [0.5, 0.6) is 5.75 Å². The fraction of sp³-hybridized carbons (Fsp3) is 0.453. The van der Waals surface area contributed by atoms with E-state index in [1.165, 1.54) is 56.8 Å². The summed E-state index contributed by atoms with van der Waals surface area (Å²) in [7, 11) is -2.85. The Morgan fingerprint density at radius 2 is 1.58 bits per heavy atom. The van der Waals surface area contributed by atoms with E-state index in [1.54, 1.807) is 53.6 Å². The maximum Gasteiger partial charge on any atom is 0.475 e. The lowest BCUT2D eigenvalue weighted by molar-refractivity contribution is -0.289. The number of piperazine rings is 1. The first-order chi connectivity index (χ1) is 49.7. The lowest BCUT2D eigenvalue weighted by Gasteiger charge is -2.46. The number of pyridine rings is 1. The number of nitrogens with one attached hydrogen (secondary N) is 3. The van der Waals surface area contributed by atoms with Gasteiger partial charge >= 0.3 is 19.5 Å². The number of benzene rings is 3. The van der Waals surface area contributed by atoms with Crippen LogP contribution in [-0.2, 0) is 66.1 Å². The van der Waals surface area contributed by atoms with Gasteiger partial charge in [-0.05, 0) is 64.9 Å². The van der Waals surface area contributed by atoms with Crippen molar-refractivity contribution in [3.63, 3.8) is 0 Å². The summed E-state index contributed by atoms with van der Waals surface area (Å²) in [5.74, 6) is -9.28. The number of aliphatic hydroxyl groups excluding tert-OH is 6. The van der Waals surface area contributed by atoms with Gasteiger partial charge in [-0.15, -0.1) is 0 Å². The van der Waals surface area contributed by atoms with Crippen LogP contribution >= 0.6 is 29.4 Å². The maximum absolute atomic E-state index is 14.4. The predicted octanol–water partition coefficient (Wildman–Crippen LogP) is -2.39. The highest BCUT2D eigenvalue weighted by Gasteiger charge is 2.59. The summed E-state index contributed by atoms with van der Waals surface area (Å²) in [6.07, 6.45) is -14.6. The molecule has 14 N–H and O–H groups in total. The number of phenols is 1. The summed E-state index contributed by atoms with van der Waals surface area (Å²) in [5, 5.41) is 93.3. The van der Waals surface area contributed by atoms with Gasteiger partial charge in [0.1, 0.15) is 77.8 Å². The predicted molar refractivity (Wildman–Crippen MR) is 364 cm³/mol. The third kappa shape index (κ3) is 20.9. The molecule has 0 spiro atoms. The van der Waals surface area contributed by atoms with Gasteiger partial charge in [0.2, 0.25) is 29.5 Å². The molecule has 37 nitrogen and oxygen atoms in total. The SMILES string of the molecule is Nc1ccn([C@@H]2O[C@H](COP(=O)(O)OC3(C(=O)O)C[C@H](O)[C@@H](NC(=O)CNC(=O)CN(CCOCCOCCNC(=O)CCSSc4ccccn4)C(=O)COCC(=O)N4CCN(C(=O)c5ccccc5-c5c6ccc(=O)cc-6oc6cc(O)ccc56)CC4)[C@H]([C@H](O)[C@H](O)CO)O3)[C@@H](O)[C@H]2O)c(=O)n1. The number of ether oxygens (including phenoxy) is 5. The Bertz CT molecular complexity index is 4140. The minimum atomic E-state index is -5.79. The van der Waals surface area contributed by atoms with Crippen LogP contribution in [0.25, 0.3) is 33.4 Å². The van der Waals surface area contributed by atoms with Gasteiger partial charge in [-0.1, -0.05) is 35.1 Å². The van der Waals surface area contributed by atoms with Crippen LogP contribution in [0.3, 0.4) is 0 Å². The number of hydrogen-bond acceptors (Lipinski definition) is 30. The Morgan fingerprint density at radius 1 is 0.837 bits per heavy atom. The number of hydrogen-bond donors (Lipinski definition) is 13. The molecular weight excluding hydrogens is 1440 g/mol. The van der Waals surface area contributed by atoms with E-state index in [0.29, 0.717) is 33.4 Å².